The maximum absolute atomic E-state index is 4.30. The number of aromatic nitrogens is 1. The third kappa shape index (κ3) is 3.40. The number of thiazole rings is 1. The van der Waals surface area contributed by atoms with E-state index in [2.05, 4.69) is 49.3 Å². The van der Waals surface area contributed by atoms with Crippen molar-refractivity contribution in [3.05, 3.63) is 51.5 Å². The average molecular weight is 260 g/mol. The molecule has 0 bridgehead atoms. The fourth-order valence-electron chi connectivity index (χ4n) is 2.11. The zero-order valence-corrected chi connectivity index (χ0v) is 12.1. The fourth-order valence-corrected chi connectivity index (χ4v) is 2.73. The highest BCUT2D eigenvalue weighted by Gasteiger charge is 2.08. The molecule has 0 radical (unpaired) electrons. The fraction of sp³-hybridized carbons (Fsp3) is 0.400. The first-order valence-corrected chi connectivity index (χ1v) is 7.23. The zero-order valence-electron chi connectivity index (χ0n) is 11.2. The number of benzene rings is 1. The number of hydrogen-bond acceptors (Lipinski definition) is 3. The van der Waals surface area contributed by atoms with E-state index in [9.17, 15) is 0 Å². The molecule has 1 heterocycles. The predicted molar refractivity (Wildman–Crippen MR) is 78.2 cm³/mol. The third-order valence-electron chi connectivity index (χ3n) is 3.17. The second-order valence-corrected chi connectivity index (χ2v) is 5.69. The zero-order chi connectivity index (χ0) is 13.0. The van der Waals surface area contributed by atoms with E-state index >= 15 is 0 Å². The van der Waals surface area contributed by atoms with Crippen LogP contribution in [0.5, 0.6) is 0 Å². The Bertz CT molecular complexity index is 491. The summed E-state index contributed by atoms with van der Waals surface area (Å²) in [6.45, 7) is 7.52. The molecule has 0 saturated heterocycles. The van der Waals surface area contributed by atoms with E-state index in [1.54, 1.807) is 11.3 Å². The van der Waals surface area contributed by atoms with Crippen LogP contribution in [-0.4, -0.2) is 11.5 Å². The molecule has 1 N–H and O–H groups in total. The lowest BCUT2D eigenvalue weighted by atomic mass is 10.00. The third-order valence-corrected chi connectivity index (χ3v) is 4.01. The van der Waals surface area contributed by atoms with Crippen molar-refractivity contribution >= 4 is 11.3 Å². The number of nitrogens with zero attached hydrogens (tertiary/aromatic N) is 1. The van der Waals surface area contributed by atoms with Gasteiger partial charge >= 0.3 is 0 Å². The van der Waals surface area contributed by atoms with Crippen LogP contribution in [0.2, 0.25) is 0 Å². The van der Waals surface area contributed by atoms with Crippen molar-refractivity contribution < 1.29 is 0 Å². The summed E-state index contributed by atoms with van der Waals surface area (Å²) in [6.07, 6.45) is 2.88. The Hall–Kier alpha value is -1.19. The van der Waals surface area contributed by atoms with E-state index in [-0.39, 0.29) is 0 Å². The molecule has 96 valence electrons. The Labute approximate surface area is 113 Å². The molecule has 0 aliphatic carbocycles. The minimum absolute atomic E-state index is 0.393. The van der Waals surface area contributed by atoms with E-state index < -0.39 is 0 Å². The van der Waals surface area contributed by atoms with E-state index in [4.69, 9.17) is 0 Å². The molecule has 0 aliphatic heterocycles. The quantitative estimate of drug-likeness (QED) is 0.887. The van der Waals surface area contributed by atoms with Crippen molar-refractivity contribution in [1.82, 2.24) is 10.3 Å². The van der Waals surface area contributed by atoms with Crippen LogP contribution in [0.4, 0.5) is 0 Å². The van der Waals surface area contributed by atoms with Crippen LogP contribution in [0, 0.1) is 13.8 Å². The Kier molecular flexibility index (Phi) is 4.50. The highest BCUT2D eigenvalue weighted by atomic mass is 32.1. The molecule has 2 rings (SSSR count). The lowest BCUT2D eigenvalue weighted by Gasteiger charge is -2.17. The molecule has 0 spiro atoms. The van der Waals surface area contributed by atoms with Gasteiger partial charge in [0.1, 0.15) is 0 Å². The van der Waals surface area contributed by atoms with E-state index in [1.807, 2.05) is 11.6 Å². The van der Waals surface area contributed by atoms with Crippen molar-refractivity contribution in [3.8, 4) is 0 Å². The molecule has 0 fully saturated rings. The summed E-state index contributed by atoms with van der Waals surface area (Å²) < 4.78 is 0. The van der Waals surface area contributed by atoms with Gasteiger partial charge in [-0.2, -0.15) is 0 Å². The van der Waals surface area contributed by atoms with Gasteiger partial charge in [-0.15, -0.1) is 11.3 Å². The first-order valence-electron chi connectivity index (χ1n) is 6.35. The Balaban J connectivity index is 1.91. The highest BCUT2D eigenvalue weighted by molar-refractivity contribution is 7.09. The topological polar surface area (TPSA) is 24.9 Å². The monoisotopic (exact) mass is 260 g/mol. The lowest BCUT2D eigenvalue weighted by molar-refractivity contribution is 0.573. The smallest absolute Gasteiger partial charge is 0.0937 e. The van der Waals surface area contributed by atoms with E-state index in [1.165, 1.54) is 21.7 Å². The molecule has 1 unspecified atom stereocenters. The summed E-state index contributed by atoms with van der Waals surface area (Å²) >= 11 is 1.72. The molecular weight excluding hydrogens is 240 g/mol. The number of nitrogens with one attached hydrogen (secondary N) is 1. The van der Waals surface area contributed by atoms with Crippen molar-refractivity contribution in [2.45, 2.75) is 33.2 Å². The molecule has 0 aliphatic rings. The average Bonchev–Trinajstić information content (AvgIpc) is 2.85. The van der Waals surface area contributed by atoms with Crippen LogP contribution in [-0.2, 0) is 6.42 Å². The van der Waals surface area contributed by atoms with Gasteiger partial charge in [-0.05, 0) is 31.9 Å². The first-order chi connectivity index (χ1) is 8.66. The van der Waals surface area contributed by atoms with Gasteiger partial charge in [-0.3, -0.25) is 0 Å². The minimum atomic E-state index is 0.393. The first kappa shape index (κ1) is 13.2. The second-order valence-electron chi connectivity index (χ2n) is 4.71. The number of rotatable bonds is 5. The summed E-state index contributed by atoms with van der Waals surface area (Å²) in [4.78, 5) is 4.30. The van der Waals surface area contributed by atoms with Crippen molar-refractivity contribution in [2.24, 2.45) is 0 Å². The molecule has 1 aromatic heterocycles. The van der Waals surface area contributed by atoms with Gasteiger partial charge in [0, 0.05) is 30.6 Å². The molecule has 3 heteroatoms. The summed E-state index contributed by atoms with van der Waals surface area (Å²) in [7, 11) is 0. The largest absolute Gasteiger partial charge is 0.310 e. The van der Waals surface area contributed by atoms with Gasteiger partial charge in [-0.1, -0.05) is 23.8 Å². The van der Waals surface area contributed by atoms with Gasteiger partial charge in [0.05, 0.1) is 5.01 Å². The second kappa shape index (κ2) is 6.12. The molecule has 1 aromatic carbocycles. The van der Waals surface area contributed by atoms with E-state index in [0.717, 1.165) is 13.0 Å². The molecule has 18 heavy (non-hydrogen) atoms. The molecule has 2 nitrogen and oxygen atoms in total. The minimum Gasteiger partial charge on any atom is -0.310 e. The highest BCUT2D eigenvalue weighted by Crippen LogP contribution is 2.18. The lowest BCUT2D eigenvalue weighted by Crippen LogP contribution is -2.22. The maximum atomic E-state index is 4.30. The van der Waals surface area contributed by atoms with Crippen molar-refractivity contribution in [3.63, 3.8) is 0 Å². The van der Waals surface area contributed by atoms with Gasteiger partial charge in [0.2, 0.25) is 0 Å². The number of aryl methyl sites for hydroxylation is 2. The molecule has 1 atom stereocenters. The normalized spacial score (nSPS) is 12.6. The van der Waals surface area contributed by atoms with Gasteiger partial charge in [-0.25, -0.2) is 4.98 Å². The van der Waals surface area contributed by atoms with Crippen LogP contribution < -0.4 is 5.32 Å². The number of hydrogen-bond donors (Lipinski definition) is 1. The van der Waals surface area contributed by atoms with E-state index in [0.29, 0.717) is 6.04 Å². The summed E-state index contributed by atoms with van der Waals surface area (Å²) in [5.41, 5.74) is 4.08. The predicted octanol–water partition coefficient (Wildman–Crippen LogP) is 3.65. The molecular formula is C15H20N2S. The van der Waals surface area contributed by atoms with Crippen LogP contribution in [0.15, 0.2) is 29.8 Å². The SMILES string of the molecule is Cc1ccc(C)c(C(C)NCCc2nccs2)c1. The molecule has 0 saturated carbocycles. The van der Waals surface area contributed by atoms with Crippen LogP contribution >= 0.6 is 11.3 Å². The summed E-state index contributed by atoms with van der Waals surface area (Å²) in [5.74, 6) is 0. The van der Waals surface area contributed by atoms with Gasteiger partial charge in [0.25, 0.3) is 0 Å². The molecule has 2 aromatic rings. The Morgan fingerprint density at radius 2 is 2.17 bits per heavy atom. The van der Waals surface area contributed by atoms with Crippen LogP contribution in [0.25, 0.3) is 0 Å². The molecule has 0 amide bonds. The standard InChI is InChI=1S/C15H20N2S/c1-11-4-5-12(2)14(10-11)13(3)16-7-6-15-17-8-9-18-15/h4-5,8-10,13,16H,6-7H2,1-3H3. The van der Waals surface area contributed by atoms with Crippen LogP contribution in [0.1, 0.15) is 34.7 Å². The van der Waals surface area contributed by atoms with Gasteiger partial charge in [0.15, 0.2) is 0 Å². The maximum Gasteiger partial charge on any atom is 0.0937 e. The van der Waals surface area contributed by atoms with Crippen molar-refractivity contribution in [2.75, 3.05) is 6.54 Å². The van der Waals surface area contributed by atoms with Crippen molar-refractivity contribution in [1.29, 1.82) is 0 Å². The van der Waals surface area contributed by atoms with Gasteiger partial charge < -0.3 is 5.32 Å². The Morgan fingerprint density at radius 3 is 2.89 bits per heavy atom. The Morgan fingerprint density at radius 1 is 1.33 bits per heavy atom. The van der Waals surface area contributed by atoms with Crippen LogP contribution in [0.3, 0.4) is 0 Å². The summed E-state index contributed by atoms with van der Waals surface area (Å²) in [6, 6.07) is 7.03. The summed E-state index contributed by atoms with van der Waals surface area (Å²) in [5, 5.41) is 6.81.